The van der Waals surface area contributed by atoms with E-state index in [1.54, 1.807) is 18.6 Å². The van der Waals surface area contributed by atoms with Crippen molar-refractivity contribution in [1.82, 2.24) is 9.97 Å². The average molecular weight is 229 g/mol. The van der Waals surface area contributed by atoms with E-state index in [1.807, 2.05) is 31.2 Å². The Morgan fingerprint density at radius 3 is 2.88 bits per heavy atom. The van der Waals surface area contributed by atoms with E-state index < -0.39 is 0 Å². The summed E-state index contributed by atoms with van der Waals surface area (Å²) in [6, 6.07) is 7.62. The minimum Gasteiger partial charge on any atom is -0.482 e. The fourth-order valence-electron chi connectivity index (χ4n) is 1.55. The van der Waals surface area contributed by atoms with Crippen LogP contribution in [0.2, 0.25) is 0 Å². The predicted octanol–water partition coefficient (Wildman–Crippen LogP) is 2.08. The summed E-state index contributed by atoms with van der Waals surface area (Å²) in [7, 11) is 0. The molecule has 0 radical (unpaired) electrons. The lowest BCUT2D eigenvalue weighted by Crippen LogP contribution is -2.08. The van der Waals surface area contributed by atoms with Crippen molar-refractivity contribution in [3.05, 3.63) is 54.1 Å². The van der Waals surface area contributed by atoms with E-state index in [4.69, 9.17) is 10.5 Å². The van der Waals surface area contributed by atoms with E-state index >= 15 is 0 Å². The highest BCUT2D eigenvalue weighted by Crippen LogP contribution is 2.22. The maximum atomic E-state index is 5.82. The Morgan fingerprint density at radius 1 is 1.29 bits per heavy atom. The molecule has 2 rings (SSSR count). The molecule has 0 saturated carbocycles. The Morgan fingerprint density at radius 2 is 2.18 bits per heavy atom. The zero-order valence-electron chi connectivity index (χ0n) is 9.71. The Labute approximate surface area is 100 Å². The first kappa shape index (κ1) is 11.5. The van der Waals surface area contributed by atoms with E-state index in [9.17, 15) is 0 Å². The third-order valence-corrected chi connectivity index (χ3v) is 2.50. The van der Waals surface area contributed by atoms with Crippen molar-refractivity contribution in [3.63, 3.8) is 0 Å². The first-order valence-electron chi connectivity index (χ1n) is 5.52. The topological polar surface area (TPSA) is 61.0 Å². The minimum atomic E-state index is -0.120. The van der Waals surface area contributed by atoms with Crippen LogP contribution in [0.5, 0.6) is 5.75 Å². The summed E-state index contributed by atoms with van der Waals surface area (Å²) in [4.78, 5) is 8.29. The Bertz CT molecular complexity index is 473. The molecule has 17 heavy (non-hydrogen) atoms. The molecule has 0 aromatic carbocycles. The molecule has 0 unspecified atom stereocenters. The summed E-state index contributed by atoms with van der Waals surface area (Å²) in [6.07, 6.45) is 5.02. The van der Waals surface area contributed by atoms with Gasteiger partial charge in [0.1, 0.15) is 11.9 Å². The van der Waals surface area contributed by atoms with E-state index in [0.29, 0.717) is 12.3 Å². The standard InChI is InChI=1S/C13H15N3O/c1-10(12-4-2-3-6-16-12)17-13-9-15-7-5-11(13)8-14/h2-7,9-10H,8,14H2,1H3/t10-/m1/s1. The van der Waals surface area contributed by atoms with Gasteiger partial charge in [0.2, 0.25) is 0 Å². The van der Waals surface area contributed by atoms with Crippen molar-refractivity contribution in [2.24, 2.45) is 5.73 Å². The van der Waals surface area contributed by atoms with Crippen molar-refractivity contribution in [1.29, 1.82) is 0 Å². The number of hydrogen-bond acceptors (Lipinski definition) is 4. The number of rotatable bonds is 4. The molecule has 4 nitrogen and oxygen atoms in total. The Hall–Kier alpha value is -1.94. The fourth-order valence-corrected chi connectivity index (χ4v) is 1.55. The highest BCUT2D eigenvalue weighted by atomic mass is 16.5. The van der Waals surface area contributed by atoms with Gasteiger partial charge in [0, 0.05) is 24.5 Å². The second-order valence-electron chi connectivity index (χ2n) is 3.70. The third-order valence-electron chi connectivity index (χ3n) is 2.50. The van der Waals surface area contributed by atoms with Crippen molar-refractivity contribution in [3.8, 4) is 5.75 Å². The Balaban J connectivity index is 2.16. The Kier molecular flexibility index (Phi) is 3.67. The van der Waals surface area contributed by atoms with Gasteiger partial charge in [-0.3, -0.25) is 9.97 Å². The van der Waals surface area contributed by atoms with Crippen LogP contribution in [0.4, 0.5) is 0 Å². The van der Waals surface area contributed by atoms with Gasteiger partial charge >= 0.3 is 0 Å². The zero-order valence-corrected chi connectivity index (χ0v) is 9.71. The van der Waals surface area contributed by atoms with Gasteiger partial charge in [-0.05, 0) is 25.1 Å². The third kappa shape index (κ3) is 2.79. The molecule has 2 aromatic rings. The maximum Gasteiger partial charge on any atom is 0.143 e. The van der Waals surface area contributed by atoms with Gasteiger partial charge in [-0.1, -0.05) is 6.07 Å². The molecule has 0 bridgehead atoms. The van der Waals surface area contributed by atoms with E-state index in [1.165, 1.54) is 0 Å². The van der Waals surface area contributed by atoms with Crippen molar-refractivity contribution < 1.29 is 4.74 Å². The molecular weight excluding hydrogens is 214 g/mol. The van der Waals surface area contributed by atoms with Crippen LogP contribution in [0.25, 0.3) is 0 Å². The van der Waals surface area contributed by atoms with Crippen LogP contribution in [0.1, 0.15) is 24.3 Å². The van der Waals surface area contributed by atoms with Crippen LogP contribution in [0.3, 0.4) is 0 Å². The summed E-state index contributed by atoms with van der Waals surface area (Å²) in [6.45, 7) is 2.39. The number of pyridine rings is 2. The largest absolute Gasteiger partial charge is 0.482 e. The molecule has 2 aromatic heterocycles. The molecule has 4 heteroatoms. The highest BCUT2D eigenvalue weighted by molar-refractivity contribution is 5.30. The van der Waals surface area contributed by atoms with Gasteiger partial charge < -0.3 is 10.5 Å². The van der Waals surface area contributed by atoms with Gasteiger partial charge in [-0.2, -0.15) is 0 Å². The molecule has 0 saturated heterocycles. The van der Waals surface area contributed by atoms with Crippen LogP contribution in [0, 0.1) is 0 Å². The van der Waals surface area contributed by atoms with E-state index in [2.05, 4.69) is 9.97 Å². The molecule has 0 aliphatic rings. The van der Waals surface area contributed by atoms with Crippen LogP contribution < -0.4 is 10.5 Å². The second kappa shape index (κ2) is 5.41. The van der Waals surface area contributed by atoms with Crippen LogP contribution in [0.15, 0.2) is 42.9 Å². The summed E-state index contributed by atoms with van der Waals surface area (Å²) in [5.41, 5.74) is 7.48. The fraction of sp³-hybridized carbons (Fsp3) is 0.231. The van der Waals surface area contributed by atoms with Gasteiger partial charge in [-0.25, -0.2) is 0 Å². The lowest BCUT2D eigenvalue weighted by molar-refractivity contribution is 0.219. The quantitative estimate of drug-likeness (QED) is 0.871. The highest BCUT2D eigenvalue weighted by Gasteiger charge is 2.10. The average Bonchev–Trinajstić information content (AvgIpc) is 2.40. The number of nitrogens with zero attached hydrogens (tertiary/aromatic N) is 2. The lowest BCUT2D eigenvalue weighted by Gasteiger charge is -2.15. The second-order valence-corrected chi connectivity index (χ2v) is 3.70. The molecule has 0 aliphatic heterocycles. The lowest BCUT2D eigenvalue weighted by atomic mass is 10.2. The number of hydrogen-bond donors (Lipinski definition) is 1. The monoisotopic (exact) mass is 229 g/mol. The summed E-state index contributed by atoms with van der Waals surface area (Å²) < 4.78 is 5.82. The van der Waals surface area contributed by atoms with Crippen LogP contribution in [-0.4, -0.2) is 9.97 Å². The molecule has 0 fully saturated rings. The zero-order chi connectivity index (χ0) is 12.1. The van der Waals surface area contributed by atoms with Gasteiger partial charge in [0.15, 0.2) is 0 Å². The first-order chi connectivity index (χ1) is 8.31. The molecule has 2 N–H and O–H groups in total. The SMILES string of the molecule is C[C@@H](Oc1cnccc1CN)c1ccccn1. The maximum absolute atomic E-state index is 5.82. The predicted molar refractivity (Wildman–Crippen MR) is 65.4 cm³/mol. The summed E-state index contributed by atoms with van der Waals surface area (Å²) in [5.74, 6) is 0.716. The van der Waals surface area contributed by atoms with Crippen molar-refractivity contribution in [2.45, 2.75) is 19.6 Å². The summed E-state index contributed by atoms with van der Waals surface area (Å²) in [5, 5.41) is 0. The van der Waals surface area contributed by atoms with Crippen LogP contribution >= 0.6 is 0 Å². The van der Waals surface area contributed by atoms with Gasteiger partial charge in [0.05, 0.1) is 11.9 Å². The van der Waals surface area contributed by atoms with Gasteiger partial charge in [0.25, 0.3) is 0 Å². The van der Waals surface area contributed by atoms with Crippen LogP contribution in [-0.2, 0) is 6.54 Å². The molecule has 1 atom stereocenters. The normalized spacial score (nSPS) is 12.1. The van der Waals surface area contributed by atoms with Gasteiger partial charge in [-0.15, -0.1) is 0 Å². The van der Waals surface area contributed by atoms with E-state index in [0.717, 1.165) is 11.3 Å². The molecule has 88 valence electrons. The molecule has 0 aliphatic carbocycles. The molecule has 2 heterocycles. The number of nitrogens with two attached hydrogens (primary N) is 1. The smallest absolute Gasteiger partial charge is 0.143 e. The minimum absolute atomic E-state index is 0.120. The van der Waals surface area contributed by atoms with E-state index in [-0.39, 0.29) is 6.10 Å². The molecule has 0 amide bonds. The first-order valence-corrected chi connectivity index (χ1v) is 5.52. The molecule has 0 spiro atoms. The van der Waals surface area contributed by atoms with Crippen molar-refractivity contribution in [2.75, 3.05) is 0 Å². The van der Waals surface area contributed by atoms with Crippen molar-refractivity contribution >= 4 is 0 Å². The molecular formula is C13H15N3O. The summed E-state index contributed by atoms with van der Waals surface area (Å²) >= 11 is 0. The number of aromatic nitrogens is 2. The number of ether oxygens (including phenoxy) is 1.